The fourth-order valence-corrected chi connectivity index (χ4v) is 1.10. The second-order valence-electron chi connectivity index (χ2n) is 3.14. The van der Waals surface area contributed by atoms with E-state index >= 15 is 0 Å². The Labute approximate surface area is 86.3 Å². The molecule has 0 spiro atoms. The summed E-state index contributed by atoms with van der Waals surface area (Å²) in [4.78, 5) is 0.183. The smallest absolute Gasteiger partial charge is 0.151 e. The van der Waals surface area contributed by atoms with E-state index in [-0.39, 0.29) is 23.0 Å². The average Bonchev–Trinajstić information content (AvgIpc) is 2.63. The molecule has 0 aliphatic carbocycles. The Morgan fingerprint density at radius 2 is 1.93 bits per heavy atom. The molecular weight excluding hydrogens is 203 g/mol. The summed E-state index contributed by atoms with van der Waals surface area (Å²) >= 11 is 0.0277. The second-order valence-corrected chi connectivity index (χ2v) is 3.79. The maximum Gasteiger partial charge on any atom is 0.151 e. The number of nitrogens with zero attached hydrogens (tertiary/aromatic N) is 2. The molecule has 0 aliphatic rings. The van der Waals surface area contributed by atoms with Gasteiger partial charge in [-0.15, -0.1) is 0 Å². The quantitative estimate of drug-likeness (QED) is 0.770. The lowest BCUT2D eigenvalue weighted by Gasteiger charge is -2.05. The molecule has 0 bridgehead atoms. The molecule has 76 valence electrons. The van der Waals surface area contributed by atoms with Gasteiger partial charge in [-0.25, -0.2) is 4.63 Å². The lowest BCUT2D eigenvalue weighted by molar-refractivity contribution is 0.305. The van der Waals surface area contributed by atoms with Crippen LogP contribution in [0, 0.1) is 5.92 Å². The fraction of sp³-hybridized carbons (Fsp3) is 0.333. The summed E-state index contributed by atoms with van der Waals surface area (Å²) in [6.07, 6.45) is 0. The van der Waals surface area contributed by atoms with Gasteiger partial charge in [-0.05, 0) is 21.8 Å². The van der Waals surface area contributed by atoms with Gasteiger partial charge in [0.2, 0.25) is 0 Å². The zero-order chi connectivity index (χ0) is 10.7. The molecule has 1 heterocycles. The van der Waals surface area contributed by atoms with Crippen molar-refractivity contribution in [1.82, 2.24) is 10.3 Å². The first-order valence-corrected chi connectivity index (χ1v) is 4.79. The van der Waals surface area contributed by atoms with E-state index in [0.29, 0.717) is 11.4 Å². The Morgan fingerprint density at radius 1 is 1.36 bits per heavy atom. The summed E-state index contributed by atoms with van der Waals surface area (Å²) in [7, 11) is 0. The maximum atomic E-state index is 12.3. The summed E-state index contributed by atoms with van der Waals surface area (Å²) in [5.41, 5.74) is 1.57. The van der Waals surface area contributed by atoms with E-state index in [9.17, 15) is 3.89 Å². The molecule has 1 aromatic heterocycles. The van der Waals surface area contributed by atoms with Gasteiger partial charge < -0.3 is 0 Å². The van der Waals surface area contributed by atoms with Gasteiger partial charge in [0.05, 0.1) is 17.1 Å². The molecule has 0 aliphatic heterocycles. The highest BCUT2D eigenvalue weighted by molar-refractivity contribution is 8.03. The van der Waals surface area contributed by atoms with Crippen molar-refractivity contribution in [3.8, 4) is 0 Å². The molecule has 1 aromatic rings. The lowest BCUT2D eigenvalue weighted by Crippen LogP contribution is -1.95. The molecule has 1 rings (SSSR count). The molecule has 0 radical (unpaired) electrons. The van der Waals surface area contributed by atoms with E-state index in [4.69, 9.17) is 0 Å². The van der Waals surface area contributed by atoms with Crippen molar-refractivity contribution in [3.05, 3.63) is 24.5 Å². The predicted molar refractivity (Wildman–Crippen MR) is 55.9 cm³/mol. The number of halogens is 1. The van der Waals surface area contributed by atoms with Crippen LogP contribution in [0.4, 0.5) is 3.89 Å². The van der Waals surface area contributed by atoms with Gasteiger partial charge in [-0.3, -0.25) is 0 Å². The Bertz CT molecular complexity index is 359. The van der Waals surface area contributed by atoms with Gasteiger partial charge in [0, 0.05) is 0 Å². The van der Waals surface area contributed by atoms with Gasteiger partial charge in [-0.2, -0.15) is 3.89 Å². The normalized spacial score (nSPS) is 10.6. The molecule has 5 heteroatoms. The summed E-state index contributed by atoms with van der Waals surface area (Å²) in [5.74, 6) is 0.207. The first-order chi connectivity index (χ1) is 6.57. The maximum absolute atomic E-state index is 12.3. The van der Waals surface area contributed by atoms with Crippen molar-refractivity contribution in [2.75, 3.05) is 0 Å². The van der Waals surface area contributed by atoms with Crippen molar-refractivity contribution in [2.24, 2.45) is 5.92 Å². The van der Waals surface area contributed by atoms with Gasteiger partial charge in [0.15, 0.2) is 5.69 Å². The first-order valence-electron chi connectivity index (χ1n) is 4.07. The largest absolute Gasteiger partial charge is 0.243 e. The van der Waals surface area contributed by atoms with Crippen molar-refractivity contribution in [2.45, 2.75) is 13.8 Å². The Morgan fingerprint density at radius 3 is 2.43 bits per heavy atom. The monoisotopic (exact) mass is 214 g/mol. The lowest BCUT2D eigenvalue weighted by atomic mass is 10.0. The molecule has 0 unspecified atom stereocenters. The third-order valence-electron chi connectivity index (χ3n) is 1.85. The molecule has 3 nitrogen and oxygen atoms in total. The molecule has 0 atom stereocenters. The van der Waals surface area contributed by atoms with Crippen molar-refractivity contribution in [3.63, 3.8) is 0 Å². The van der Waals surface area contributed by atoms with Gasteiger partial charge in [-0.1, -0.05) is 27.0 Å². The molecule has 0 N–H and O–H groups in total. The highest BCUT2D eigenvalue weighted by Gasteiger charge is 2.18. The van der Waals surface area contributed by atoms with E-state index < -0.39 is 0 Å². The second kappa shape index (κ2) is 4.41. The zero-order valence-electron chi connectivity index (χ0n) is 8.08. The van der Waals surface area contributed by atoms with Crippen LogP contribution in [-0.2, 0) is 0 Å². The molecule has 0 saturated carbocycles. The minimum absolute atomic E-state index is 0.0277. The number of aromatic nitrogens is 2. The van der Waals surface area contributed by atoms with E-state index in [0.717, 1.165) is 5.57 Å². The molecule has 0 fully saturated rings. The number of hydrogen-bond acceptors (Lipinski definition) is 4. The van der Waals surface area contributed by atoms with Gasteiger partial charge in [0.1, 0.15) is 5.69 Å². The topological polar surface area (TPSA) is 38.9 Å². The predicted octanol–water partition coefficient (Wildman–Crippen LogP) is 3.33. The van der Waals surface area contributed by atoms with Crippen LogP contribution in [0.2, 0.25) is 0 Å². The molecule has 0 amide bonds. The minimum Gasteiger partial charge on any atom is -0.243 e. The van der Waals surface area contributed by atoms with Crippen molar-refractivity contribution < 1.29 is 8.51 Å². The van der Waals surface area contributed by atoms with E-state index in [1.54, 1.807) is 0 Å². The Hall–Kier alpha value is -1.10. The molecule has 14 heavy (non-hydrogen) atoms. The van der Waals surface area contributed by atoms with Crippen LogP contribution in [0.1, 0.15) is 25.2 Å². The summed E-state index contributed by atoms with van der Waals surface area (Å²) in [6, 6.07) is 0. The average molecular weight is 214 g/mol. The SMILES string of the molecule is C=C(SF)c1nonc1C(=C)C(C)C. The molecule has 0 saturated heterocycles. The first kappa shape index (κ1) is 11.0. The fourth-order valence-electron chi connectivity index (χ4n) is 0.892. The van der Waals surface area contributed by atoms with E-state index in [1.165, 1.54) is 0 Å². The number of rotatable bonds is 4. The van der Waals surface area contributed by atoms with Crippen LogP contribution in [-0.4, -0.2) is 10.3 Å². The van der Waals surface area contributed by atoms with Crippen LogP contribution in [0.15, 0.2) is 17.8 Å². The van der Waals surface area contributed by atoms with E-state index in [2.05, 4.69) is 28.1 Å². The minimum atomic E-state index is 0.0277. The van der Waals surface area contributed by atoms with Crippen LogP contribution >= 0.6 is 12.1 Å². The molecular formula is C9H11FN2OS. The Balaban J connectivity index is 3.04. The van der Waals surface area contributed by atoms with Crippen LogP contribution in [0.5, 0.6) is 0 Å². The zero-order valence-corrected chi connectivity index (χ0v) is 8.90. The number of hydrogen-bond donors (Lipinski definition) is 0. The highest BCUT2D eigenvalue weighted by atomic mass is 32.2. The highest BCUT2D eigenvalue weighted by Crippen LogP contribution is 2.31. The van der Waals surface area contributed by atoms with Crippen molar-refractivity contribution in [1.29, 1.82) is 0 Å². The van der Waals surface area contributed by atoms with Crippen LogP contribution in [0.25, 0.3) is 10.5 Å². The summed E-state index contributed by atoms with van der Waals surface area (Å²) < 4.78 is 16.8. The number of allylic oxidation sites excluding steroid dienone is 1. The van der Waals surface area contributed by atoms with Crippen LogP contribution in [0.3, 0.4) is 0 Å². The molecule has 0 aromatic carbocycles. The van der Waals surface area contributed by atoms with Crippen molar-refractivity contribution >= 4 is 22.6 Å². The van der Waals surface area contributed by atoms with Gasteiger partial charge >= 0.3 is 0 Å². The third-order valence-corrected chi connectivity index (χ3v) is 2.23. The third kappa shape index (κ3) is 2.04. The summed E-state index contributed by atoms with van der Waals surface area (Å²) in [6.45, 7) is 11.3. The van der Waals surface area contributed by atoms with Gasteiger partial charge in [0.25, 0.3) is 0 Å². The van der Waals surface area contributed by atoms with Crippen LogP contribution < -0.4 is 0 Å². The van der Waals surface area contributed by atoms with E-state index in [1.807, 2.05) is 13.8 Å². The summed E-state index contributed by atoms with van der Waals surface area (Å²) in [5, 5.41) is 7.26. The standard InChI is InChI=1S/C9H11FN2OS/c1-5(2)6(3)8-9(7(4)14-10)12-13-11-8/h5H,3-4H2,1-2H3. The Kier molecular flexibility index (Phi) is 3.46.